The Morgan fingerprint density at radius 3 is 2.86 bits per heavy atom. The third-order valence-corrected chi connectivity index (χ3v) is 4.98. The molecule has 2 aromatic rings. The first-order valence-electron chi connectivity index (χ1n) is 7.94. The Kier molecular flexibility index (Phi) is 3.73. The molecule has 4 rings (SSSR count). The fourth-order valence-corrected chi connectivity index (χ4v) is 3.88. The number of aromatic nitrogens is 1. The summed E-state index contributed by atoms with van der Waals surface area (Å²) in [6.07, 6.45) is 7.43. The number of benzene rings is 1. The van der Waals surface area contributed by atoms with Crippen LogP contribution < -0.4 is 5.32 Å². The van der Waals surface area contributed by atoms with E-state index in [-0.39, 0.29) is 5.92 Å². The van der Waals surface area contributed by atoms with E-state index in [0.717, 1.165) is 37.4 Å². The minimum absolute atomic E-state index is 0.285. The molecule has 0 saturated heterocycles. The maximum atomic E-state index is 6.23. The third kappa shape index (κ3) is 2.47. The van der Waals surface area contributed by atoms with Crippen LogP contribution in [0, 0.1) is 0 Å². The summed E-state index contributed by atoms with van der Waals surface area (Å²) < 4.78 is 0. The number of hydrogen-bond donors (Lipinski definition) is 1. The van der Waals surface area contributed by atoms with Gasteiger partial charge in [-0.25, -0.2) is 0 Å². The van der Waals surface area contributed by atoms with Crippen LogP contribution >= 0.6 is 11.6 Å². The number of nitrogens with one attached hydrogen (secondary N) is 1. The van der Waals surface area contributed by atoms with Crippen LogP contribution in [0.4, 0.5) is 0 Å². The van der Waals surface area contributed by atoms with E-state index in [1.165, 1.54) is 28.0 Å². The number of hydrogen-bond acceptors (Lipinski definition) is 2. The van der Waals surface area contributed by atoms with E-state index in [9.17, 15) is 0 Å². The molecule has 2 nitrogen and oxygen atoms in total. The molecule has 2 aliphatic rings. The van der Waals surface area contributed by atoms with Crippen molar-refractivity contribution in [1.82, 2.24) is 10.3 Å². The van der Waals surface area contributed by atoms with Gasteiger partial charge in [-0.05, 0) is 60.7 Å². The predicted molar refractivity (Wildman–Crippen MR) is 90.5 cm³/mol. The van der Waals surface area contributed by atoms with Gasteiger partial charge in [-0.3, -0.25) is 4.98 Å². The predicted octanol–water partition coefficient (Wildman–Crippen LogP) is 3.89. The smallest absolute Gasteiger partial charge is 0.0551 e. The first kappa shape index (κ1) is 14.0. The van der Waals surface area contributed by atoms with Crippen LogP contribution in [-0.4, -0.2) is 18.1 Å². The normalized spacial score (nSPS) is 20.6. The second-order valence-corrected chi connectivity index (χ2v) is 6.49. The monoisotopic (exact) mass is 310 g/mol. The Labute approximate surface area is 136 Å². The molecule has 0 bridgehead atoms. The molecule has 1 unspecified atom stereocenters. The van der Waals surface area contributed by atoms with Crippen LogP contribution in [-0.2, 0) is 12.8 Å². The summed E-state index contributed by atoms with van der Waals surface area (Å²) in [4.78, 5) is 4.76. The lowest BCUT2D eigenvalue weighted by Gasteiger charge is -2.25. The van der Waals surface area contributed by atoms with Gasteiger partial charge in [0.05, 0.1) is 5.69 Å². The van der Waals surface area contributed by atoms with Crippen molar-refractivity contribution in [3.05, 3.63) is 75.6 Å². The maximum Gasteiger partial charge on any atom is 0.0551 e. The van der Waals surface area contributed by atoms with Crippen molar-refractivity contribution in [3.8, 4) is 0 Å². The molecule has 1 aromatic carbocycles. The van der Waals surface area contributed by atoms with Crippen molar-refractivity contribution in [1.29, 1.82) is 0 Å². The van der Waals surface area contributed by atoms with Crippen LogP contribution in [0.5, 0.6) is 0 Å². The Hall–Kier alpha value is -1.64. The first-order chi connectivity index (χ1) is 10.8. The van der Waals surface area contributed by atoms with E-state index < -0.39 is 0 Å². The summed E-state index contributed by atoms with van der Waals surface area (Å²) in [5.41, 5.74) is 6.85. The summed E-state index contributed by atoms with van der Waals surface area (Å²) in [7, 11) is 0. The highest BCUT2D eigenvalue weighted by Crippen LogP contribution is 2.40. The summed E-state index contributed by atoms with van der Waals surface area (Å²) in [5, 5.41) is 4.24. The van der Waals surface area contributed by atoms with Crippen molar-refractivity contribution in [2.24, 2.45) is 0 Å². The van der Waals surface area contributed by atoms with Gasteiger partial charge in [-0.2, -0.15) is 0 Å². The molecule has 22 heavy (non-hydrogen) atoms. The van der Waals surface area contributed by atoms with Gasteiger partial charge in [0.15, 0.2) is 0 Å². The van der Waals surface area contributed by atoms with Gasteiger partial charge in [0, 0.05) is 23.7 Å². The molecule has 1 N–H and O–H groups in total. The average molecular weight is 311 g/mol. The number of rotatable bonds is 1. The summed E-state index contributed by atoms with van der Waals surface area (Å²) in [6.45, 7) is 2.00. The minimum atomic E-state index is 0.285. The maximum absolute atomic E-state index is 6.23. The molecule has 1 atom stereocenters. The molecule has 1 aliphatic carbocycles. The Morgan fingerprint density at radius 2 is 2.00 bits per heavy atom. The highest BCUT2D eigenvalue weighted by molar-refractivity contribution is 6.30. The van der Waals surface area contributed by atoms with Gasteiger partial charge < -0.3 is 5.32 Å². The van der Waals surface area contributed by atoms with E-state index in [1.807, 2.05) is 12.3 Å². The second-order valence-electron chi connectivity index (χ2n) is 6.06. The topological polar surface area (TPSA) is 24.9 Å². The van der Waals surface area contributed by atoms with Crippen molar-refractivity contribution >= 4 is 11.6 Å². The lowest BCUT2D eigenvalue weighted by atomic mass is 9.83. The van der Waals surface area contributed by atoms with E-state index in [0.29, 0.717) is 0 Å². The Balaban J connectivity index is 1.92. The quantitative estimate of drug-likeness (QED) is 0.808. The number of pyridine rings is 1. The van der Waals surface area contributed by atoms with Crippen LogP contribution in [0.15, 0.2) is 48.2 Å². The van der Waals surface area contributed by atoms with Crippen molar-refractivity contribution < 1.29 is 0 Å². The first-order valence-corrected chi connectivity index (χ1v) is 8.32. The standard InChI is InChI=1S/C19H19ClN2/c20-16-5-6-17-15(12-16)4-3-14-2-1-9-22-19(14)18(17)13-7-10-21-11-8-13/h1-2,5-7,9,12,18,21H,3-4,8,10-11H2. The number of aryl methyl sites for hydroxylation is 2. The van der Waals surface area contributed by atoms with E-state index in [1.54, 1.807) is 0 Å². The van der Waals surface area contributed by atoms with Crippen LogP contribution in [0.1, 0.15) is 34.7 Å². The number of fused-ring (bicyclic) bond motifs is 2. The van der Waals surface area contributed by atoms with E-state index in [2.05, 4.69) is 35.7 Å². The van der Waals surface area contributed by atoms with Crippen LogP contribution in [0.2, 0.25) is 5.02 Å². The van der Waals surface area contributed by atoms with Gasteiger partial charge in [0.25, 0.3) is 0 Å². The Bertz CT molecular complexity index is 736. The zero-order chi connectivity index (χ0) is 14.9. The van der Waals surface area contributed by atoms with E-state index >= 15 is 0 Å². The van der Waals surface area contributed by atoms with Crippen molar-refractivity contribution in [2.75, 3.05) is 13.1 Å². The molecular weight excluding hydrogens is 292 g/mol. The SMILES string of the molecule is Clc1ccc2c(c1)CCc1cccnc1C2C1=CCNCC1. The highest BCUT2D eigenvalue weighted by Gasteiger charge is 2.28. The summed E-state index contributed by atoms with van der Waals surface area (Å²) in [6, 6.07) is 10.6. The van der Waals surface area contributed by atoms with Gasteiger partial charge in [-0.15, -0.1) is 0 Å². The molecular formula is C19H19ClN2. The fourth-order valence-electron chi connectivity index (χ4n) is 3.69. The van der Waals surface area contributed by atoms with Gasteiger partial charge >= 0.3 is 0 Å². The fraction of sp³-hybridized carbons (Fsp3) is 0.316. The molecule has 2 heterocycles. The molecule has 0 saturated carbocycles. The molecule has 3 heteroatoms. The summed E-state index contributed by atoms with van der Waals surface area (Å²) in [5.74, 6) is 0.285. The van der Waals surface area contributed by atoms with Gasteiger partial charge in [0.1, 0.15) is 0 Å². The molecule has 0 fully saturated rings. The van der Waals surface area contributed by atoms with Crippen LogP contribution in [0.25, 0.3) is 0 Å². The molecule has 0 amide bonds. The number of nitrogens with zero attached hydrogens (tertiary/aromatic N) is 1. The molecule has 112 valence electrons. The minimum Gasteiger partial charge on any atom is -0.313 e. The third-order valence-electron chi connectivity index (χ3n) is 4.75. The van der Waals surface area contributed by atoms with Gasteiger partial charge in [-0.1, -0.05) is 35.4 Å². The molecule has 1 aromatic heterocycles. The lowest BCUT2D eigenvalue weighted by molar-refractivity contribution is 0.667. The molecule has 1 aliphatic heterocycles. The largest absolute Gasteiger partial charge is 0.313 e. The zero-order valence-electron chi connectivity index (χ0n) is 12.5. The van der Waals surface area contributed by atoms with Crippen molar-refractivity contribution in [3.63, 3.8) is 0 Å². The molecule has 0 radical (unpaired) electrons. The van der Waals surface area contributed by atoms with Crippen molar-refractivity contribution in [2.45, 2.75) is 25.2 Å². The zero-order valence-corrected chi connectivity index (χ0v) is 13.2. The molecule has 0 spiro atoms. The van der Waals surface area contributed by atoms with E-state index in [4.69, 9.17) is 16.6 Å². The number of halogens is 1. The van der Waals surface area contributed by atoms with Crippen LogP contribution in [0.3, 0.4) is 0 Å². The summed E-state index contributed by atoms with van der Waals surface area (Å²) >= 11 is 6.23. The highest BCUT2D eigenvalue weighted by atomic mass is 35.5. The lowest BCUT2D eigenvalue weighted by Crippen LogP contribution is -2.23. The Morgan fingerprint density at radius 1 is 1.09 bits per heavy atom. The van der Waals surface area contributed by atoms with Gasteiger partial charge in [0.2, 0.25) is 0 Å². The average Bonchev–Trinajstić information content (AvgIpc) is 2.72. The second kappa shape index (κ2) is 5.86.